The summed E-state index contributed by atoms with van der Waals surface area (Å²) in [5.74, 6) is -0.199. The first-order chi connectivity index (χ1) is 13.0. The molecule has 0 heterocycles. The van der Waals surface area contributed by atoms with Gasteiger partial charge in [0.25, 0.3) is 0 Å². The second-order valence-electron chi connectivity index (χ2n) is 10.3. The number of nitrogen functional groups attached to an aromatic ring is 1. The van der Waals surface area contributed by atoms with Crippen LogP contribution < -0.4 is 22.5 Å². The molecule has 0 radical (unpaired) electrons. The molecule has 7 heteroatoms. The summed E-state index contributed by atoms with van der Waals surface area (Å²) in [6, 6.07) is 7.08. The number of primary amides is 1. The fourth-order valence-electron chi connectivity index (χ4n) is 3.18. The van der Waals surface area contributed by atoms with E-state index in [2.05, 4.69) is 5.32 Å². The van der Waals surface area contributed by atoms with E-state index in [1.807, 2.05) is 48.5 Å². The van der Waals surface area contributed by atoms with Gasteiger partial charge < -0.3 is 22.5 Å². The van der Waals surface area contributed by atoms with Crippen molar-refractivity contribution in [2.45, 2.75) is 65.7 Å². The van der Waals surface area contributed by atoms with E-state index in [1.165, 1.54) is 0 Å². The van der Waals surface area contributed by atoms with Crippen molar-refractivity contribution in [3.63, 3.8) is 0 Å². The van der Waals surface area contributed by atoms with E-state index in [4.69, 9.17) is 17.2 Å². The fraction of sp³-hybridized carbons (Fsp3) is 0.636. The number of hydrogen-bond acceptors (Lipinski definition) is 5. The number of nitrogens with two attached hydrogens (primary N) is 3. The Labute approximate surface area is 179 Å². The Balaban J connectivity index is 2.96. The van der Waals surface area contributed by atoms with Crippen molar-refractivity contribution in [2.24, 2.45) is 28.2 Å². The number of nitrogens with one attached hydrogen (secondary N) is 1. The summed E-state index contributed by atoms with van der Waals surface area (Å²) in [7, 11) is 0. The second kappa shape index (κ2) is 9.39. The molecule has 6 nitrogen and oxygen atoms in total. The number of thioether (sulfide) groups is 1. The monoisotopic (exact) mass is 422 g/mol. The van der Waals surface area contributed by atoms with Crippen LogP contribution in [0.1, 0.15) is 54.9 Å². The Bertz CT molecular complexity index is 703. The Hall–Kier alpha value is -1.73. The highest BCUT2D eigenvalue weighted by Crippen LogP contribution is 2.40. The Kier molecular flexibility index (Phi) is 8.19. The molecule has 2 amide bonds. The van der Waals surface area contributed by atoms with Gasteiger partial charge in [-0.25, -0.2) is 0 Å². The summed E-state index contributed by atoms with van der Waals surface area (Å²) >= 11 is 1.55. The maximum Gasteiger partial charge on any atom is 0.238 e. The minimum Gasteiger partial charge on any atom is -0.399 e. The highest BCUT2D eigenvalue weighted by atomic mass is 32.2. The number of carbonyl (C=O) groups excluding carboxylic acids is 2. The molecule has 1 aromatic rings. The molecule has 7 N–H and O–H groups in total. The molecule has 0 aliphatic heterocycles. The van der Waals surface area contributed by atoms with Crippen LogP contribution in [-0.4, -0.2) is 28.4 Å². The van der Waals surface area contributed by atoms with E-state index in [-0.39, 0.29) is 28.4 Å². The van der Waals surface area contributed by atoms with Crippen molar-refractivity contribution in [3.05, 3.63) is 24.3 Å². The van der Waals surface area contributed by atoms with Gasteiger partial charge in [0.05, 0.1) is 5.25 Å². The van der Waals surface area contributed by atoms with Gasteiger partial charge in [0.2, 0.25) is 11.8 Å². The van der Waals surface area contributed by atoms with Gasteiger partial charge in [0.15, 0.2) is 0 Å². The second-order valence-corrected chi connectivity index (χ2v) is 11.4. The lowest BCUT2D eigenvalue weighted by atomic mass is 9.74. The lowest BCUT2D eigenvalue weighted by Crippen LogP contribution is -2.46. The predicted octanol–water partition coefficient (Wildman–Crippen LogP) is 3.61. The molecule has 0 aromatic heterocycles. The lowest BCUT2D eigenvalue weighted by Gasteiger charge is -2.38. The van der Waals surface area contributed by atoms with Crippen LogP contribution in [0, 0.1) is 16.7 Å². The van der Waals surface area contributed by atoms with E-state index >= 15 is 0 Å². The molecule has 2 atom stereocenters. The van der Waals surface area contributed by atoms with Gasteiger partial charge in [0.1, 0.15) is 0 Å². The van der Waals surface area contributed by atoms with Crippen LogP contribution in [0.15, 0.2) is 24.3 Å². The number of hydrogen-bond donors (Lipinski definition) is 4. The molecular weight excluding hydrogens is 384 g/mol. The Morgan fingerprint density at radius 1 is 1.03 bits per heavy atom. The zero-order valence-corrected chi connectivity index (χ0v) is 19.7. The standard InChI is InChI=1S/C22H38N4O2S/c1-20(2,3)17(19(28)26-15-10-8-14(23)9-11-15)29-13-21(4,5)16(18(24)27)12-22(6,7)25/h8-11,16-17H,12-13,23,25H2,1-7H3,(H2,24,27)(H,26,28). The fourth-order valence-corrected chi connectivity index (χ4v) is 4.69. The van der Waals surface area contributed by atoms with Crippen LogP contribution in [0.5, 0.6) is 0 Å². The third kappa shape index (κ3) is 8.26. The molecule has 0 fully saturated rings. The average molecular weight is 423 g/mol. The first kappa shape index (κ1) is 25.3. The van der Waals surface area contributed by atoms with Crippen LogP contribution in [-0.2, 0) is 9.59 Å². The van der Waals surface area contributed by atoms with Crippen LogP contribution in [0.4, 0.5) is 11.4 Å². The summed E-state index contributed by atoms with van der Waals surface area (Å²) < 4.78 is 0. The van der Waals surface area contributed by atoms with Gasteiger partial charge in [-0.05, 0) is 61.1 Å². The van der Waals surface area contributed by atoms with Gasteiger partial charge in [-0.1, -0.05) is 34.6 Å². The van der Waals surface area contributed by atoms with E-state index in [0.717, 1.165) is 0 Å². The van der Waals surface area contributed by atoms with Gasteiger partial charge in [-0.15, -0.1) is 11.8 Å². The maximum atomic E-state index is 13.0. The predicted molar refractivity (Wildman–Crippen MR) is 125 cm³/mol. The normalized spacial score (nSPS) is 14.9. The smallest absolute Gasteiger partial charge is 0.238 e. The average Bonchev–Trinajstić information content (AvgIpc) is 2.52. The lowest BCUT2D eigenvalue weighted by molar-refractivity contribution is -0.125. The third-order valence-electron chi connectivity index (χ3n) is 4.84. The van der Waals surface area contributed by atoms with E-state index in [0.29, 0.717) is 23.5 Å². The summed E-state index contributed by atoms with van der Waals surface area (Å²) in [6.07, 6.45) is 0.494. The molecule has 0 aliphatic carbocycles. The quantitative estimate of drug-likeness (QED) is 0.453. The number of amides is 2. The number of carbonyl (C=O) groups is 2. The SMILES string of the molecule is CC(C)(N)CC(C(N)=O)C(C)(C)CSC(C(=O)Nc1ccc(N)cc1)C(C)(C)C. The van der Waals surface area contributed by atoms with Crippen LogP contribution in [0.3, 0.4) is 0 Å². The van der Waals surface area contributed by atoms with Crippen molar-refractivity contribution in [2.75, 3.05) is 16.8 Å². The molecule has 0 bridgehead atoms. The van der Waals surface area contributed by atoms with Crippen LogP contribution in [0.25, 0.3) is 0 Å². The summed E-state index contributed by atoms with van der Waals surface area (Å²) in [6.45, 7) is 13.9. The highest BCUT2D eigenvalue weighted by Gasteiger charge is 2.40. The first-order valence-electron chi connectivity index (χ1n) is 9.89. The summed E-state index contributed by atoms with van der Waals surface area (Å²) in [5, 5.41) is 2.67. The van der Waals surface area contributed by atoms with Gasteiger partial charge >= 0.3 is 0 Å². The first-order valence-corrected chi connectivity index (χ1v) is 10.9. The highest BCUT2D eigenvalue weighted by molar-refractivity contribution is 8.00. The number of rotatable bonds is 9. The minimum absolute atomic E-state index is 0.0714. The van der Waals surface area contributed by atoms with Crippen LogP contribution in [0.2, 0.25) is 0 Å². The molecule has 0 spiro atoms. The van der Waals surface area contributed by atoms with E-state index < -0.39 is 11.0 Å². The summed E-state index contributed by atoms with van der Waals surface area (Å²) in [4.78, 5) is 25.2. The van der Waals surface area contributed by atoms with Gasteiger partial charge in [-0.3, -0.25) is 9.59 Å². The van der Waals surface area contributed by atoms with Gasteiger partial charge in [-0.2, -0.15) is 0 Å². The van der Waals surface area contributed by atoms with Crippen molar-refractivity contribution in [1.29, 1.82) is 0 Å². The summed E-state index contributed by atoms with van der Waals surface area (Å²) in [5.41, 5.74) is 17.7. The zero-order valence-electron chi connectivity index (χ0n) is 18.8. The number of anilines is 2. The molecule has 1 aromatic carbocycles. The molecule has 0 aliphatic rings. The maximum absolute atomic E-state index is 13.0. The van der Waals surface area contributed by atoms with Crippen molar-refractivity contribution < 1.29 is 9.59 Å². The van der Waals surface area contributed by atoms with Crippen molar-refractivity contribution in [1.82, 2.24) is 0 Å². The minimum atomic E-state index is -0.502. The van der Waals surface area contributed by atoms with Crippen molar-refractivity contribution >= 4 is 35.0 Å². The number of benzene rings is 1. The Morgan fingerprint density at radius 2 is 1.55 bits per heavy atom. The molecule has 2 unspecified atom stereocenters. The Morgan fingerprint density at radius 3 is 1.97 bits per heavy atom. The third-order valence-corrected chi connectivity index (χ3v) is 7.01. The van der Waals surface area contributed by atoms with Gasteiger partial charge in [0, 0.05) is 22.8 Å². The van der Waals surface area contributed by atoms with Crippen molar-refractivity contribution in [3.8, 4) is 0 Å². The molecule has 1 rings (SSSR count). The molecule has 0 saturated heterocycles. The zero-order chi connectivity index (χ0) is 22.6. The molecule has 29 heavy (non-hydrogen) atoms. The molecular formula is C22H38N4O2S. The van der Waals surface area contributed by atoms with E-state index in [9.17, 15) is 9.59 Å². The van der Waals surface area contributed by atoms with Crippen LogP contribution >= 0.6 is 11.8 Å². The molecule has 164 valence electrons. The van der Waals surface area contributed by atoms with E-state index in [1.54, 1.807) is 36.0 Å². The molecule has 0 saturated carbocycles. The topological polar surface area (TPSA) is 124 Å². The largest absolute Gasteiger partial charge is 0.399 e.